The number of benzene rings is 1. The molecule has 1 atom stereocenters. The summed E-state index contributed by atoms with van der Waals surface area (Å²) < 4.78 is 14.0. The number of likely N-dealkylation sites (tertiary alicyclic amines) is 1. The molecule has 0 bridgehead atoms. The minimum absolute atomic E-state index is 0.0190. The van der Waals surface area contributed by atoms with Crippen LogP contribution in [0.5, 0.6) is 0 Å². The molecular formula is C21H23FN4O3. The Labute approximate surface area is 167 Å². The van der Waals surface area contributed by atoms with Gasteiger partial charge in [0.05, 0.1) is 17.8 Å². The van der Waals surface area contributed by atoms with Gasteiger partial charge in [-0.05, 0) is 25.0 Å². The zero-order chi connectivity index (χ0) is 20.5. The molecule has 2 aromatic rings. The molecule has 0 unspecified atom stereocenters. The van der Waals surface area contributed by atoms with E-state index in [2.05, 4.69) is 9.97 Å². The van der Waals surface area contributed by atoms with Crippen molar-refractivity contribution < 1.29 is 14.0 Å². The van der Waals surface area contributed by atoms with Gasteiger partial charge in [-0.3, -0.25) is 14.4 Å². The summed E-state index contributed by atoms with van der Waals surface area (Å²) in [6, 6.07) is 5.88. The summed E-state index contributed by atoms with van der Waals surface area (Å²) in [5.41, 5.74) is 0.958. The second-order valence-corrected chi connectivity index (χ2v) is 7.51. The van der Waals surface area contributed by atoms with Gasteiger partial charge in [-0.25, -0.2) is 9.37 Å². The Morgan fingerprint density at radius 2 is 2.03 bits per heavy atom. The molecule has 1 aromatic heterocycles. The van der Waals surface area contributed by atoms with E-state index in [9.17, 15) is 18.8 Å². The number of nitrogens with one attached hydrogen (secondary N) is 1. The molecule has 3 heterocycles. The largest absolute Gasteiger partial charge is 0.342 e. The second-order valence-electron chi connectivity index (χ2n) is 7.51. The van der Waals surface area contributed by atoms with Crippen LogP contribution in [0.25, 0.3) is 0 Å². The van der Waals surface area contributed by atoms with Gasteiger partial charge in [0.15, 0.2) is 0 Å². The zero-order valence-corrected chi connectivity index (χ0v) is 16.3. The van der Waals surface area contributed by atoms with Gasteiger partial charge < -0.3 is 14.8 Å². The number of hydrogen-bond donors (Lipinski definition) is 1. The summed E-state index contributed by atoms with van der Waals surface area (Å²) in [7, 11) is 0. The Morgan fingerprint density at radius 3 is 2.79 bits per heavy atom. The summed E-state index contributed by atoms with van der Waals surface area (Å²) in [5.74, 6) is -0.344. The maximum atomic E-state index is 14.0. The van der Waals surface area contributed by atoms with E-state index in [0.717, 1.165) is 6.42 Å². The number of carbonyl (C=O) groups excluding carboxylic acids is 2. The van der Waals surface area contributed by atoms with Crippen LogP contribution in [0.2, 0.25) is 0 Å². The molecule has 1 fully saturated rings. The minimum atomic E-state index is -0.561. The summed E-state index contributed by atoms with van der Waals surface area (Å²) in [6.45, 7) is 3.52. The topological polar surface area (TPSA) is 86.4 Å². The van der Waals surface area contributed by atoms with Crippen LogP contribution in [0.15, 0.2) is 29.1 Å². The van der Waals surface area contributed by atoms with E-state index in [4.69, 9.17) is 0 Å². The van der Waals surface area contributed by atoms with Crippen molar-refractivity contribution in [3.8, 4) is 0 Å². The highest BCUT2D eigenvalue weighted by molar-refractivity contribution is 5.94. The number of halogens is 1. The fourth-order valence-corrected chi connectivity index (χ4v) is 4.06. The van der Waals surface area contributed by atoms with Gasteiger partial charge in [0.2, 0.25) is 5.91 Å². The number of aromatic nitrogens is 2. The van der Waals surface area contributed by atoms with Crippen molar-refractivity contribution >= 4 is 11.8 Å². The normalized spacial score (nSPS) is 18.6. The van der Waals surface area contributed by atoms with Gasteiger partial charge in [0, 0.05) is 37.5 Å². The Bertz CT molecular complexity index is 1020. The van der Waals surface area contributed by atoms with E-state index in [1.54, 1.807) is 17.0 Å². The lowest BCUT2D eigenvalue weighted by atomic mass is 10.0. The van der Waals surface area contributed by atoms with Crippen molar-refractivity contribution in [3.05, 3.63) is 63.1 Å². The molecule has 0 spiro atoms. The maximum absolute atomic E-state index is 14.0. The molecule has 0 radical (unpaired) electrons. The van der Waals surface area contributed by atoms with E-state index in [-0.39, 0.29) is 29.5 Å². The second kappa shape index (κ2) is 7.77. The first kappa shape index (κ1) is 19.3. The molecule has 29 heavy (non-hydrogen) atoms. The van der Waals surface area contributed by atoms with Crippen LogP contribution in [-0.2, 0) is 17.8 Å². The molecular weight excluding hydrogens is 375 g/mol. The third kappa shape index (κ3) is 3.66. The molecule has 4 rings (SSSR count). The third-order valence-corrected chi connectivity index (χ3v) is 5.71. The highest BCUT2D eigenvalue weighted by Crippen LogP contribution is 2.26. The van der Waals surface area contributed by atoms with Gasteiger partial charge in [-0.1, -0.05) is 19.1 Å². The van der Waals surface area contributed by atoms with Crippen molar-refractivity contribution in [1.82, 2.24) is 19.8 Å². The van der Waals surface area contributed by atoms with E-state index < -0.39 is 11.7 Å². The number of H-pyrrole nitrogens is 1. The third-order valence-electron chi connectivity index (χ3n) is 5.71. The number of aromatic amines is 1. The van der Waals surface area contributed by atoms with Crippen molar-refractivity contribution in [2.45, 2.75) is 38.6 Å². The number of amides is 2. The van der Waals surface area contributed by atoms with Gasteiger partial charge in [0.1, 0.15) is 11.6 Å². The lowest BCUT2D eigenvalue weighted by Crippen LogP contribution is -2.40. The van der Waals surface area contributed by atoms with Crippen molar-refractivity contribution in [2.24, 2.45) is 0 Å². The smallest absolute Gasteiger partial charge is 0.257 e. The fourth-order valence-electron chi connectivity index (χ4n) is 4.06. The number of rotatable bonds is 3. The predicted molar refractivity (Wildman–Crippen MR) is 104 cm³/mol. The Hall–Kier alpha value is -3.03. The molecule has 7 nitrogen and oxygen atoms in total. The van der Waals surface area contributed by atoms with Crippen LogP contribution in [0.4, 0.5) is 4.39 Å². The average molecular weight is 398 g/mol. The summed E-state index contributed by atoms with van der Waals surface area (Å²) in [5, 5.41) is 0. The Kier molecular flexibility index (Phi) is 5.17. The molecule has 1 saturated heterocycles. The lowest BCUT2D eigenvalue weighted by molar-refractivity contribution is -0.129. The van der Waals surface area contributed by atoms with Crippen molar-refractivity contribution in [2.75, 3.05) is 19.6 Å². The van der Waals surface area contributed by atoms with Gasteiger partial charge in [-0.15, -0.1) is 0 Å². The van der Waals surface area contributed by atoms with Crippen molar-refractivity contribution in [1.29, 1.82) is 0 Å². The first-order chi connectivity index (χ1) is 14.0. The molecule has 8 heteroatoms. The molecule has 1 aromatic carbocycles. The predicted octanol–water partition coefficient (Wildman–Crippen LogP) is 1.83. The summed E-state index contributed by atoms with van der Waals surface area (Å²) in [6.07, 6.45) is 1.57. The Balaban J connectivity index is 1.57. The van der Waals surface area contributed by atoms with Crippen LogP contribution in [0, 0.1) is 5.82 Å². The van der Waals surface area contributed by atoms with E-state index in [1.165, 1.54) is 17.0 Å². The van der Waals surface area contributed by atoms with Crippen LogP contribution < -0.4 is 5.56 Å². The van der Waals surface area contributed by atoms with Crippen LogP contribution in [0.1, 0.15) is 53.1 Å². The van der Waals surface area contributed by atoms with Gasteiger partial charge in [0.25, 0.3) is 11.5 Å². The number of hydrogen-bond acceptors (Lipinski definition) is 4. The lowest BCUT2D eigenvalue weighted by Gasteiger charge is -2.28. The van der Waals surface area contributed by atoms with E-state index in [0.29, 0.717) is 49.6 Å². The number of fused-ring (bicyclic) bond motifs is 1. The summed E-state index contributed by atoms with van der Waals surface area (Å²) in [4.78, 5) is 48.1. The summed E-state index contributed by atoms with van der Waals surface area (Å²) >= 11 is 0. The van der Waals surface area contributed by atoms with E-state index in [1.807, 2.05) is 6.92 Å². The molecule has 1 N–H and O–H groups in total. The van der Waals surface area contributed by atoms with Crippen LogP contribution >= 0.6 is 0 Å². The monoisotopic (exact) mass is 398 g/mol. The minimum Gasteiger partial charge on any atom is -0.342 e. The SMILES string of the molecule is CCC(=O)N1CC[C@H](c2nc3c(c(=O)[nH]2)CCN(C(=O)c2ccccc2F)C3)C1. The highest BCUT2D eigenvalue weighted by Gasteiger charge is 2.31. The zero-order valence-electron chi connectivity index (χ0n) is 16.3. The number of carbonyl (C=O) groups is 2. The average Bonchev–Trinajstić information content (AvgIpc) is 3.23. The fraction of sp³-hybridized carbons (Fsp3) is 0.429. The molecule has 0 saturated carbocycles. The Morgan fingerprint density at radius 1 is 1.24 bits per heavy atom. The molecule has 2 aliphatic rings. The van der Waals surface area contributed by atoms with Crippen molar-refractivity contribution in [3.63, 3.8) is 0 Å². The van der Waals surface area contributed by atoms with Crippen LogP contribution in [-0.4, -0.2) is 51.2 Å². The quantitative estimate of drug-likeness (QED) is 0.855. The first-order valence-corrected chi connectivity index (χ1v) is 9.91. The first-order valence-electron chi connectivity index (χ1n) is 9.91. The van der Waals surface area contributed by atoms with Gasteiger partial charge in [-0.2, -0.15) is 0 Å². The highest BCUT2D eigenvalue weighted by atomic mass is 19.1. The standard InChI is InChI=1S/C21H23FN4O3/c1-2-18(27)25-9-7-13(11-25)19-23-17-12-26(10-8-15(17)20(28)24-19)21(29)14-5-3-4-6-16(14)22/h3-6,13H,2,7-12H2,1H3,(H,23,24,28)/t13-/m0/s1. The number of nitrogens with zero attached hydrogens (tertiary/aromatic N) is 3. The molecule has 2 amide bonds. The van der Waals surface area contributed by atoms with Crippen LogP contribution in [0.3, 0.4) is 0 Å². The van der Waals surface area contributed by atoms with Gasteiger partial charge >= 0.3 is 0 Å². The maximum Gasteiger partial charge on any atom is 0.257 e. The molecule has 0 aliphatic carbocycles. The molecule has 2 aliphatic heterocycles. The molecule has 152 valence electrons. The van der Waals surface area contributed by atoms with E-state index >= 15 is 0 Å².